The minimum absolute atomic E-state index is 0.154. The van der Waals surface area contributed by atoms with Crippen LogP contribution in [-0.4, -0.2) is 65.0 Å². The molecule has 0 atom stereocenters. The van der Waals surface area contributed by atoms with E-state index in [4.69, 9.17) is 18.5 Å². The quantitative estimate of drug-likeness (QED) is 0.520. The van der Waals surface area contributed by atoms with E-state index in [0.717, 1.165) is 12.0 Å². The third-order valence-corrected chi connectivity index (χ3v) is 6.08. The van der Waals surface area contributed by atoms with Crippen molar-refractivity contribution in [1.29, 1.82) is 0 Å². The molecule has 0 saturated carbocycles. The number of amides is 1. The molecule has 0 N–H and O–H groups in total. The summed E-state index contributed by atoms with van der Waals surface area (Å²) in [5.41, 5.74) is 1.43. The molecule has 1 aliphatic rings. The van der Waals surface area contributed by atoms with Crippen LogP contribution in [0.15, 0.2) is 33.6 Å². The van der Waals surface area contributed by atoms with Gasteiger partial charge in [0, 0.05) is 51.7 Å². The molecule has 3 aromatic rings. The molecule has 0 unspecified atom stereocenters. The van der Waals surface area contributed by atoms with E-state index in [0.29, 0.717) is 61.3 Å². The highest BCUT2D eigenvalue weighted by atomic mass is 16.5. The van der Waals surface area contributed by atoms with Gasteiger partial charge in [-0.1, -0.05) is 10.3 Å². The second-order valence-electron chi connectivity index (χ2n) is 7.98. The normalized spacial score (nSPS) is 15.8. The molecule has 1 aliphatic heterocycles. The van der Waals surface area contributed by atoms with Crippen LogP contribution in [0.5, 0.6) is 0 Å². The number of ether oxygens (including phenoxy) is 2. The summed E-state index contributed by atoms with van der Waals surface area (Å²) in [5, 5.41) is 8.27. The van der Waals surface area contributed by atoms with Gasteiger partial charge in [-0.05, 0) is 38.3 Å². The summed E-state index contributed by atoms with van der Waals surface area (Å²) in [6.07, 6.45) is 5.49. The number of hydrogen-bond acceptors (Lipinski definition) is 9. The lowest BCUT2D eigenvalue weighted by molar-refractivity contribution is 0.0603. The van der Waals surface area contributed by atoms with Gasteiger partial charge in [0.25, 0.3) is 11.8 Å². The highest BCUT2D eigenvalue weighted by Gasteiger charge is 2.42. The van der Waals surface area contributed by atoms with Gasteiger partial charge in [0.05, 0.1) is 17.7 Å². The second-order valence-corrected chi connectivity index (χ2v) is 7.98. The van der Waals surface area contributed by atoms with Crippen molar-refractivity contribution in [2.24, 2.45) is 0 Å². The Hall–Kier alpha value is -3.11. The van der Waals surface area contributed by atoms with Gasteiger partial charge < -0.3 is 23.4 Å². The third kappa shape index (κ3) is 4.28. The zero-order valence-corrected chi connectivity index (χ0v) is 18.5. The molecule has 4 rings (SSSR count). The lowest BCUT2D eigenvalue weighted by Crippen LogP contribution is -2.46. The van der Waals surface area contributed by atoms with E-state index in [2.05, 4.69) is 20.3 Å². The number of piperidine rings is 1. The van der Waals surface area contributed by atoms with E-state index in [-0.39, 0.29) is 17.9 Å². The molecule has 170 valence electrons. The van der Waals surface area contributed by atoms with Crippen molar-refractivity contribution in [3.63, 3.8) is 0 Å². The smallest absolute Gasteiger partial charge is 0.276 e. The fraction of sp³-hybridized carbons (Fsp3) is 0.500. The molecular formula is C22H27N5O5. The minimum atomic E-state index is -0.341. The molecule has 3 aromatic heterocycles. The van der Waals surface area contributed by atoms with E-state index >= 15 is 0 Å². The first-order valence-corrected chi connectivity index (χ1v) is 10.5. The van der Waals surface area contributed by atoms with Crippen molar-refractivity contribution in [3.05, 3.63) is 47.4 Å². The molecule has 0 bridgehead atoms. The Labute approximate surface area is 185 Å². The van der Waals surface area contributed by atoms with Gasteiger partial charge >= 0.3 is 0 Å². The Bertz CT molecular complexity index is 1040. The highest BCUT2D eigenvalue weighted by molar-refractivity contribution is 5.93. The van der Waals surface area contributed by atoms with E-state index in [1.54, 1.807) is 38.4 Å². The highest BCUT2D eigenvalue weighted by Crippen LogP contribution is 2.38. The summed E-state index contributed by atoms with van der Waals surface area (Å²) in [7, 11) is 3.25. The molecule has 32 heavy (non-hydrogen) atoms. The van der Waals surface area contributed by atoms with Crippen LogP contribution in [-0.2, 0) is 21.5 Å². The average molecular weight is 441 g/mol. The third-order valence-electron chi connectivity index (χ3n) is 6.08. The topological polar surface area (TPSA) is 117 Å². The zero-order valence-electron chi connectivity index (χ0n) is 18.5. The lowest BCUT2D eigenvalue weighted by atomic mass is 9.75. The monoisotopic (exact) mass is 441 g/mol. The maximum atomic E-state index is 13.1. The Kier molecular flexibility index (Phi) is 6.61. The standard InChI is InChI=1S/C22H27N5O5/c1-15-17(14-30-3)18(25-31-15)20(28)27-10-6-22(7-11-27,8-12-29-2)21-24-19(32-26-21)16-5-4-9-23-13-16/h4-5,9,13H,6-8,10-12,14H2,1-3H3. The first-order valence-electron chi connectivity index (χ1n) is 10.5. The van der Waals surface area contributed by atoms with Crippen molar-refractivity contribution in [2.45, 2.75) is 38.2 Å². The number of nitrogens with zero attached hydrogens (tertiary/aromatic N) is 5. The number of aryl methyl sites for hydroxylation is 1. The number of hydrogen-bond donors (Lipinski definition) is 0. The molecule has 0 aliphatic carbocycles. The van der Waals surface area contributed by atoms with Crippen LogP contribution in [0.25, 0.3) is 11.5 Å². The number of rotatable bonds is 8. The molecule has 10 nitrogen and oxygen atoms in total. The van der Waals surface area contributed by atoms with E-state index in [1.807, 2.05) is 12.1 Å². The molecule has 1 fully saturated rings. The van der Waals surface area contributed by atoms with Gasteiger partial charge in [-0.2, -0.15) is 4.98 Å². The summed E-state index contributed by atoms with van der Waals surface area (Å²) >= 11 is 0. The van der Waals surface area contributed by atoms with Gasteiger partial charge in [-0.15, -0.1) is 0 Å². The first-order chi connectivity index (χ1) is 15.6. The molecule has 0 aromatic carbocycles. The van der Waals surface area contributed by atoms with Crippen LogP contribution in [0.2, 0.25) is 0 Å². The summed E-state index contributed by atoms with van der Waals surface area (Å²) in [5.74, 6) is 1.51. The van der Waals surface area contributed by atoms with Crippen molar-refractivity contribution in [1.82, 2.24) is 25.2 Å². The Morgan fingerprint density at radius 2 is 2.00 bits per heavy atom. The second kappa shape index (κ2) is 9.58. The van der Waals surface area contributed by atoms with Gasteiger partial charge in [0.1, 0.15) is 5.76 Å². The van der Waals surface area contributed by atoms with Gasteiger partial charge in [-0.3, -0.25) is 9.78 Å². The average Bonchev–Trinajstić information content (AvgIpc) is 3.47. The zero-order chi connectivity index (χ0) is 22.6. The number of carbonyl (C=O) groups excluding carboxylic acids is 1. The SMILES string of the molecule is COCCC1(c2noc(-c3cccnc3)n2)CCN(C(=O)c2noc(C)c2COC)CC1. The Morgan fingerprint density at radius 1 is 1.19 bits per heavy atom. The van der Waals surface area contributed by atoms with Crippen molar-refractivity contribution >= 4 is 5.91 Å². The van der Waals surface area contributed by atoms with Crippen LogP contribution < -0.4 is 0 Å². The molecule has 1 saturated heterocycles. The molecule has 0 radical (unpaired) electrons. The lowest BCUT2D eigenvalue weighted by Gasteiger charge is -2.39. The van der Waals surface area contributed by atoms with Gasteiger partial charge in [0.2, 0.25) is 0 Å². The van der Waals surface area contributed by atoms with E-state index in [1.165, 1.54) is 0 Å². The number of likely N-dealkylation sites (tertiary alicyclic amines) is 1. The Balaban J connectivity index is 1.53. The number of pyridine rings is 1. The summed E-state index contributed by atoms with van der Waals surface area (Å²) in [6, 6.07) is 3.71. The summed E-state index contributed by atoms with van der Waals surface area (Å²) in [6.45, 7) is 3.70. The van der Waals surface area contributed by atoms with Crippen molar-refractivity contribution in [2.75, 3.05) is 33.9 Å². The minimum Gasteiger partial charge on any atom is -0.385 e. The fourth-order valence-corrected chi connectivity index (χ4v) is 4.09. The van der Waals surface area contributed by atoms with Gasteiger partial charge in [-0.25, -0.2) is 0 Å². The predicted octanol–water partition coefficient (Wildman–Crippen LogP) is 2.78. The van der Waals surface area contributed by atoms with Crippen LogP contribution in [0.1, 0.15) is 46.9 Å². The Morgan fingerprint density at radius 3 is 2.69 bits per heavy atom. The molecule has 0 spiro atoms. The van der Waals surface area contributed by atoms with E-state index in [9.17, 15) is 4.79 Å². The molecule has 10 heteroatoms. The van der Waals surface area contributed by atoms with Crippen molar-refractivity contribution in [3.8, 4) is 11.5 Å². The largest absolute Gasteiger partial charge is 0.385 e. The maximum absolute atomic E-state index is 13.1. The van der Waals surface area contributed by atoms with Gasteiger partial charge in [0.15, 0.2) is 11.5 Å². The summed E-state index contributed by atoms with van der Waals surface area (Å²) < 4.78 is 21.3. The maximum Gasteiger partial charge on any atom is 0.276 e. The number of carbonyl (C=O) groups is 1. The molecule has 4 heterocycles. The molecule has 1 amide bonds. The van der Waals surface area contributed by atoms with Crippen LogP contribution in [0.4, 0.5) is 0 Å². The number of aromatic nitrogens is 4. The van der Waals surface area contributed by atoms with Crippen LogP contribution in [0, 0.1) is 6.92 Å². The van der Waals surface area contributed by atoms with Crippen LogP contribution >= 0.6 is 0 Å². The van der Waals surface area contributed by atoms with Crippen LogP contribution in [0.3, 0.4) is 0 Å². The van der Waals surface area contributed by atoms with Crippen molar-refractivity contribution < 1.29 is 23.3 Å². The summed E-state index contributed by atoms with van der Waals surface area (Å²) in [4.78, 5) is 23.7. The molecular weight excluding hydrogens is 414 g/mol. The predicted molar refractivity (Wildman–Crippen MR) is 113 cm³/mol. The first kappa shape index (κ1) is 22.1. The fourth-order valence-electron chi connectivity index (χ4n) is 4.09. The number of methoxy groups -OCH3 is 2. The van der Waals surface area contributed by atoms with E-state index < -0.39 is 0 Å².